The minimum Gasteiger partial charge on any atom is -0.543 e. The summed E-state index contributed by atoms with van der Waals surface area (Å²) in [7, 11) is -3.18. The van der Waals surface area contributed by atoms with Gasteiger partial charge in [-0.3, -0.25) is 4.79 Å². The van der Waals surface area contributed by atoms with Crippen molar-refractivity contribution in [3.8, 4) is 12.1 Å². The molecule has 6 nitrogen and oxygen atoms in total. The normalized spacial score (nSPS) is 19.7. The Morgan fingerprint density at radius 1 is 1.05 bits per heavy atom. The van der Waals surface area contributed by atoms with Crippen molar-refractivity contribution >= 4 is 22.6 Å². The molecule has 0 fully saturated rings. The number of carbonyl (C=O) groups excluding carboxylic acids is 1. The molecule has 206 valence electrons. The maximum Gasteiger partial charge on any atom is 0.321 e. The van der Waals surface area contributed by atoms with Crippen molar-refractivity contribution in [1.29, 1.82) is 10.5 Å². The number of esters is 1. The van der Waals surface area contributed by atoms with Gasteiger partial charge in [-0.2, -0.15) is 10.5 Å². The molecule has 0 aliphatic heterocycles. The number of hydrogen-bond donors (Lipinski definition) is 0. The number of allylic oxidation sites excluding steroid dienone is 1. The van der Waals surface area contributed by atoms with E-state index in [9.17, 15) is 15.3 Å². The van der Waals surface area contributed by atoms with Crippen molar-refractivity contribution in [3.63, 3.8) is 0 Å². The van der Waals surface area contributed by atoms with E-state index in [0.29, 0.717) is 23.3 Å². The molecule has 2 atom stereocenters. The highest BCUT2D eigenvalue weighted by Crippen LogP contribution is 2.51. The smallest absolute Gasteiger partial charge is 0.321 e. The van der Waals surface area contributed by atoms with Gasteiger partial charge in [0.15, 0.2) is 8.32 Å². The van der Waals surface area contributed by atoms with Gasteiger partial charge in [0.25, 0.3) is 0 Å². The van der Waals surface area contributed by atoms with E-state index in [2.05, 4.69) is 86.4 Å². The zero-order valence-electron chi connectivity index (χ0n) is 25.4. The van der Waals surface area contributed by atoms with E-state index in [-0.39, 0.29) is 22.4 Å². The summed E-state index contributed by atoms with van der Waals surface area (Å²) >= 11 is 0. The number of nitrogens with zero attached hydrogens (tertiary/aromatic N) is 2. The molecule has 1 aliphatic carbocycles. The quantitative estimate of drug-likeness (QED) is 0.158. The Morgan fingerprint density at radius 2 is 1.57 bits per heavy atom. The largest absolute Gasteiger partial charge is 0.543 e. The summed E-state index contributed by atoms with van der Waals surface area (Å²) < 4.78 is 18.6. The molecular formula is C29H48N2O4Si2. The molecule has 37 heavy (non-hydrogen) atoms. The highest BCUT2D eigenvalue weighted by Gasteiger charge is 2.51. The van der Waals surface area contributed by atoms with Gasteiger partial charge in [-0.25, -0.2) is 0 Å². The van der Waals surface area contributed by atoms with E-state index in [0.717, 1.165) is 5.57 Å². The summed E-state index contributed by atoms with van der Waals surface area (Å²) in [6, 6.07) is 4.49. The second-order valence-corrected chi connectivity index (χ2v) is 22.9. The fourth-order valence-corrected chi connectivity index (χ4v) is 6.24. The van der Waals surface area contributed by atoms with Crippen LogP contribution in [-0.2, 0) is 18.4 Å². The van der Waals surface area contributed by atoms with Gasteiger partial charge in [-0.15, -0.1) is 0 Å². The Balaban J connectivity index is 3.68. The van der Waals surface area contributed by atoms with Crippen molar-refractivity contribution < 1.29 is 18.4 Å². The first kappa shape index (κ1) is 32.9. The van der Waals surface area contributed by atoms with Crippen molar-refractivity contribution in [2.45, 2.75) is 111 Å². The van der Waals surface area contributed by atoms with Crippen molar-refractivity contribution in [2.24, 2.45) is 11.3 Å². The molecule has 0 amide bonds. The Hall–Kier alpha value is -2.14. The predicted molar refractivity (Wildman–Crippen MR) is 154 cm³/mol. The molecule has 0 radical (unpaired) electrons. The molecule has 0 aromatic carbocycles. The first-order chi connectivity index (χ1) is 16.6. The number of nitriles is 2. The number of hydrogen-bond acceptors (Lipinski definition) is 6. The first-order valence-corrected chi connectivity index (χ1v) is 18.9. The minimum absolute atomic E-state index is 0.0365. The summed E-state index contributed by atoms with van der Waals surface area (Å²) in [5, 5.41) is 19.9. The summed E-state index contributed by atoms with van der Waals surface area (Å²) in [4.78, 5) is 13.5. The molecule has 0 saturated heterocycles. The standard InChI is InChI=1S/C29H48N2O4Si2/c1-20(2)25-22(19-31)29(26(32)33-10,17-24(25)35-37(13,14)28(7,8)9)16-15-23(21(3)18-30)34-36(11,12)27(4,5)6/h17,20,23H,3,15-16H2,1-2,4-14H3. The van der Waals surface area contributed by atoms with Gasteiger partial charge < -0.3 is 13.6 Å². The molecule has 8 heteroatoms. The zero-order valence-corrected chi connectivity index (χ0v) is 27.4. The number of rotatable bonds is 10. The van der Waals surface area contributed by atoms with Gasteiger partial charge in [0.1, 0.15) is 11.2 Å². The van der Waals surface area contributed by atoms with E-state index >= 15 is 0 Å². The number of ether oxygens (including phenoxy) is 1. The first-order valence-electron chi connectivity index (χ1n) is 13.0. The lowest BCUT2D eigenvalue weighted by Gasteiger charge is -2.39. The van der Waals surface area contributed by atoms with Crippen LogP contribution < -0.4 is 0 Å². The van der Waals surface area contributed by atoms with Gasteiger partial charge >= 0.3 is 5.97 Å². The Labute approximate surface area is 227 Å². The maximum atomic E-state index is 13.5. The average molecular weight is 545 g/mol. The second-order valence-electron chi connectivity index (χ2n) is 13.4. The van der Waals surface area contributed by atoms with Gasteiger partial charge in [0.2, 0.25) is 8.32 Å². The predicted octanol–water partition coefficient (Wildman–Crippen LogP) is 7.79. The molecule has 0 bridgehead atoms. The zero-order chi connectivity index (χ0) is 29.2. The average Bonchev–Trinajstić information content (AvgIpc) is 3.07. The molecule has 0 aromatic rings. The summed E-state index contributed by atoms with van der Waals surface area (Å²) in [6.45, 7) is 29.4. The van der Waals surface area contributed by atoms with Crippen LogP contribution in [0.1, 0.15) is 68.2 Å². The van der Waals surface area contributed by atoms with Gasteiger partial charge in [0.05, 0.1) is 30.9 Å². The highest BCUT2D eigenvalue weighted by atomic mass is 28.4. The lowest BCUT2D eigenvalue weighted by molar-refractivity contribution is -0.148. The summed E-state index contributed by atoms with van der Waals surface area (Å²) in [5.74, 6) is 0.0553. The molecule has 2 unspecified atom stereocenters. The molecule has 0 spiro atoms. The van der Waals surface area contributed by atoms with E-state index in [4.69, 9.17) is 13.6 Å². The third kappa shape index (κ3) is 6.85. The Morgan fingerprint density at radius 3 is 1.95 bits per heavy atom. The fourth-order valence-electron chi connectivity index (χ4n) is 3.89. The third-order valence-corrected chi connectivity index (χ3v) is 17.2. The molecule has 0 saturated carbocycles. The lowest BCUT2D eigenvalue weighted by Crippen LogP contribution is -2.44. The lowest BCUT2D eigenvalue weighted by atomic mass is 9.76. The van der Waals surface area contributed by atoms with Crippen LogP contribution in [0.4, 0.5) is 0 Å². The van der Waals surface area contributed by atoms with E-state index in [1.54, 1.807) is 6.08 Å². The van der Waals surface area contributed by atoms with Gasteiger partial charge in [-0.05, 0) is 61.1 Å². The number of carbonyl (C=O) groups is 1. The SMILES string of the molecule is C=C(C#N)C(CCC1(C(=O)OC)C=C(O[Si](C)(C)C(C)(C)C)C(C(C)C)=C1C#N)O[Si](C)(C)C(C)(C)C. The van der Waals surface area contributed by atoms with Crippen LogP contribution in [0, 0.1) is 34.0 Å². The number of methoxy groups -OCH3 is 1. The molecule has 0 aromatic heterocycles. The van der Waals surface area contributed by atoms with Gasteiger partial charge in [0, 0.05) is 11.1 Å². The van der Waals surface area contributed by atoms with Crippen LogP contribution in [0.15, 0.2) is 35.1 Å². The monoisotopic (exact) mass is 544 g/mol. The van der Waals surface area contributed by atoms with Crippen LogP contribution in [0.5, 0.6) is 0 Å². The van der Waals surface area contributed by atoms with Crippen LogP contribution in [0.25, 0.3) is 0 Å². The van der Waals surface area contributed by atoms with Crippen LogP contribution in [0.2, 0.25) is 36.3 Å². The van der Waals surface area contributed by atoms with Crippen molar-refractivity contribution in [3.05, 3.63) is 35.1 Å². The second kappa shape index (κ2) is 11.3. The van der Waals surface area contributed by atoms with Crippen LogP contribution >= 0.6 is 0 Å². The van der Waals surface area contributed by atoms with Gasteiger partial charge in [-0.1, -0.05) is 62.0 Å². The fraction of sp³-hybridized carbons (Fsp3) is 0.690. The Kier molecular flexibility index (Phi) is 10.1. The van der Waals surface area contributed by atoms with Crippen LogP contribution in [-0.4, -0.2) is 35.8 Å². The molecule has 0 N–H and O–H groups in total. The maximum absolute atomic E-state index is 13.5. The Bertz CT molecular complexity index is 1040. The minimum atomic E-state index is -2.27. The van der Waals surface area contributed by atoms with E-state index in [1.165, 1.54) is 7.11 Å². The third-order valence-electron chi connectivity index (χ3n) is 8.34. The van der Waals surface area contributed by atoms with E-state index < -0.39 is 34.1 Å². The topological polar surface area (TPSA) is 92.3 Å². The molecular weight excluding hydrogens is 497 g/mol. The highest BCUT2D eigenvalue weighted by molar-refractivity contribution is 6.74. The van der Waals surface area contributed by atoms with Crippen molar-refractivity contribution in [1.82, 2.24) is 0 Å². The summed E-state index contributed by atoms with van der Waals surface area (Å²) in [5.41, 5.74) is 0.109. The van der Waals surface area contributed by atoms with Crippen molar-refractivity contribution in [2.75, 3.05) is 7.11 Å². The molecule has 0 heterocycles. The van der Waals surface area contributed by atoms with E-state index in [1.807, 2.05) is 13.8 Å². The summed E-state index contributed by atoms with van der Waals surface area (Å²) in [6.07, 6.45) is 1.82. The molecule has 1 rings (SSSR count). The van der Waals surface area contributed by atoms with Crippen LogP contribution in [0.3, 0.4) is 0 Å². The molecule has 1 aliphatic rings.